The summed E-state index contributed by atoms with van der Waals surface area (Å²) in [6, 6.07) is 25.9. The van der Waals surface area contributed by atoms with Gasteiger partial charge in [0, 0.05) is 31.1 Å². The molecule has 39 heavy (non-hydrogen) atoms. The minimum atomic E-state index is -2.01. The van der Waals surface area contributed by atoms with Gasteiger partial charge in [-0.1, -0.05) is 121 Å². The Hall–Kier alpha value is -2.16. The topological polar surface area (TPSA) is 71.0 Å². The third-order valence-corrected chi connectivity index (χ3v) is 7.39. The number of rotatable bonds is 9. The molecule has 1 fully saturated rings. The van der Waals surface area contributed by atoms with Gasteiger partial charge < -0.3 is 19.9 Å². The number of nitrogens with zero attached hydrogens (tertiary/aromatic N) is 1. The molecule has 0 aliphatic carbocycles. The first kappa shape index (κ1) is 29.8. The van der Waals surface area contributed by atoms with Gasteiger partial charge in [0.1, 0.15) is 0 Å². The minimum absolute atomic E-state index is 0.00549. The van der Waals surface area contributed by atoms with Crippen molar-refractivity contribution in [1.29, 1.82) is 0 Å². The van der Waals surface area contributed by atoms with Crippen LogP contribution >= 0.6 is 34.8 Å². The van der Waals surface area contributed by atoms with Crippen molar-refractivity contribution in [3.8, 4) is 0 Å². The molecule has 0 bridgehead atoms. The number of aliphatic hydroxyl groups is 1. The van der Waals surface area contributed by atoms with E-state index in [9.17, 15) is 9.90 Å². The Morgan fingerprint density at radius 3 is 2.13 bits per heavy atom. The molecule has 0 radical (unpaired) electrons. The fraction of sp³-hybridized carbons (Fsp3) is 0.367. The van der Waals surface area contributed by atoms with Gasteiger partial charge in [0.15, 0.2) is 6.29 Å². The maximum atomic E-state index is 11.9. The standard InChI is InChI=1S/C30H33Cl3N2O4/c1-20-26(18-35(2)17-22-6-4-3-5-7-22)38-28(39-27(20)24-12-10-23(19-36)11-13-24)25-14-8-21(9-15-25)16-34-29(37)30(31,32)33/h3-15,20,26-28,36H,16-19H2,1-2H3,(H,34,37). The van der Waals surface area contributed by atoms with Crippen LogP contribution in [0.2, 0.25) is 0 Å². The largest absolute Gasteiger partial charge is 0.392 e. The second-order valence-corrected chi connectivity index (χ2v) is 12.2. The van der Waals surface area contributed by atoms with Crippen molar-refractivity contribution >= 4 is 40.7 Å². The van der Waals surface area contributed by atoms with E-state index in [1.54, 1.807) is 0 Å². The lowest BCUT2D eigenvalue weighted by molar-refractivity contribution is -0.276. The second-order valence-electron chi connectivity index (χ2n) is 9.93. The van der Waals surface area contributed by atoms with Crippen molar-refractivity contribution in [2.45, 2.75) is 48.9 Å². The summed E-state index contributed by atoms with van der Waals surface area (Å²) in [6.07, 6.45) is -0.873. The number of carbonyl (C=O) groups is 1. The maximum Gasteiger partial charge on any atom is 0.272 e. The summed E-state index contributed by atoms with van der Waals surface area (Å²) in [5, 5.41) is 12.1. The van der Waals surface area contributed by atoms with Crippen molar-refractivity contribution in [3.63, 3.8) is 0 Å². The number of alkyl halides is 3. The summed E-state index contributed by atoms with van der Waals surface area (Å²) in [7, 11) is 2.10. The van der Waals surface area contributed by atoms with Crippen molar-refractivity contribution in [2.75, 3.05) is 13.6 Å². The number of ether oxygens (including phenoxy) is 2. The number of nitrogens with one attached hydrogen (secondary N) is 1. The number of likely N-dealkylation sites (N-methyl/N-ethyl adjacent to an activating group) is 1. The molecule has 1 aliphatic rings. The zero-order valence-corrected chi connectivity index (χ0v) is 24.2. The van der Waals surface area contributed by atoms with E-state index in [0.717, 1.165) is 35.3 Å². The third kappa shape index (κ3) is 8.18. The van der Waals surface area contributed by atoms with Crippen LogP contribution in [0, 0.1) is 5.92 Å². The molecular weight excluding hydrogens is 559 g/mol. The molecule has 4 rings (SSSR count). The second kappa shape index (κ2) is 13.5. The predicted molar refractivity (Wildman–Crippen MR) is 154 cm³/mol. The van der Waals surface area contributed by atoms with Crippen LogP contribution in [0.1, 0.15) is 47.1 Å². The molecule has 3 aromatic carbocycles. The molecule has 9 heteroatoms. The molecular formula is C30H33Cl3N2O4. The Balaban J connectivity index is 1.51. The Labute approximate surface area is 244 Å². The molecule has 208 valence electrons. The van der Waals surface area contributed by atoms with Crippen LogP contribution in [0.5, 0.6) is 0 Å². The van der Waals surface area contributed by atoms with E-state index in [1.807, 2.05) is 66.7 Å². The number of aliphatic hydroxyl groups excluding tert-OH is 1. The fourth-order valence-electron chi connectivity index (χ4n) is 4.67. The normalized spacial score (nSPS) is 21.6. The molecule has 0 spiro atoms. The summed E-state index contributed by atoms with van der Waals surface area (Å²) in [4.78, 5) is 14.1. The first-order valence-electron chi connectivity index (χ1n) is 12.8. The predicted octanol–water partition coefficient (Wildman–Crippen LogP) is 6.09. The Morgan fingerprint density at radius 2 is 1.51 bits per heavy atom. The van der Waals surface area contributed by atoms with Gasteiger partial charge in [-0.2, -0.15) is 0 Å². The summed E-state index contributed by atoms with van der Waals surface area (Å²) >= 11 is 16.9. The van der Waals surface area contributed by atoms with E-state index < -0.39 is 16.0 Å². The fourth-order valence-corrected chi connectivity index (χ4v) is 4.87. The van der Waals surface area contributed by atoms with Crippen LogP contribution in [-0.4, -0.2) is 39.4 Å². The summed E-state index contributed by atoms with van der Waals surface area (Å²) in [6.45, 7) is 3.90. The van der Waals surface area contributed by atoms with Gasteiger partial charge in [0.2, 0.25) is 0 Å². The highest BCUT2D eigenvalue weighted by atomic mass is 35.6. The Bertz CT molecular complexity index is 1200. The highest BCUT2D eigenvalue weighted by molar-refractivity contribution is 6.76. The van der Waals surface area contributed by atoms with Crippen molar-refractivity contribution in [2.24, 2.45) is 5.92 Å². The molecule has 2 N–H and O–H groups in total. The summed E-state index contributed by atoms with van der Waals surface area (Å²) in [5.41, 5.74) is 4.85. The highest BCUT2D eigenvalue weighted by Crippen LogP contribution is 2.42. The number of amides is 1. The molecule has 1 aliphatic heterocycles. The van der Waals surface area contributed by atoms with Crippen molar-refractivity contribution in [1.82, 2.24) is 10.2 Å². The average Bonchev–Trinajstić information content (AvgIpc) is 2.93. The number of carbonyl (C=O) groups excluding carboxylic acids is 1. The smallest absolute Gasteiger partial charge is 0.272 e. The lowest BCUT2D eigenvalue weighted by Crippen LogP contribution is -2.43. The molecule has 3 aromatic rings. The van der Waals surface area contributed by atoms with Crippen LogP contribution in [0.25, 0.3) is 0 Å². The van der Waals surface area contributed by atoms with E-state index in [1.165, 1.54) is 5.56 Å². The summed E-state index contributed by atoms with van der Waals surface area (Å²) < 4.78 is 11.1. The van der Waals surface area contributed by atoms with E-state index in [0.29, 0.717) is 0 Å². The lowest BCUT2D eigenvalue weighted by atomic mass is 9.90. The van der Waals surface area contributed by atoms with Gasteiger partial charge in [-0.25, -0.2) is 0 Å². The van der Waals surface area contributed by atoms with E-state index >= 15 is 0 Å². The van der Waals surface area contributed by atoms with Gasteiger partial charge >= 0.3 is 0 Å². The first-order valence-corrected chi connectivity index (χ1v) is 13.9. The van der Waals surface area contributed by atoms with Crippen LogP contribution in [0.3, 0.4) is 0 Å². The zero-order chi connectivity index (χ0) is 28.0. The number of hydrogen-bond donors (Lipinski definition) is 2. The van der Waals surface area contributed by atoms with Crippen molar-refractivity contribution in [3.05, 3.63) is 107 Å². The van der Waals surface area contributed by atoms with Crippen molar-refractivity contribution < 1.29 is 19.4 Å². The van der Waals surface area contributed by atoms with Gasteiger partial charge in [-0.15, -0.1) is 0 Å². The monoisotopic (exact) mass is 590 g/mol. The highest BCUT2D eigenvalue weighted by Gasteiger charge is 2.39. The molecule has 6 nitrogen and oxygen atoms in total. The Morgan fingerprint density at radius 1 is 0.897 bits per heavy atom. The number of hydrogen-bond acceptors (Lipinski definition) is 5. The van der Waals surface area contributed by atoms with E-state index in [-0.39, 0.29) is 31.3 Å². The molecule has 0 saturated carbocycles. The maximum absolute atomic E-state index is 11.9. The summed E-state index contributed by atoms with van der Waals surface area (Å²) in [5.74, 6) is -0.599. The van der Waals surface area contributed by atoms with Gasteiger partial charge in [0.25, 0.3) is 9.70 Å². The molecule has 1 heterocycles. The first-order chi connectivity index (χ1) is 18.6. The van der Waals surface area contributed by atoms with Gasteiger partial charge in [-0.3, -0.25) is 9.69 Å². The average molecular weight is 592 g/mol. The number of halogens is 3. The van der Waals surface area contributed by atoms with Crippen LogP contribution in [0.4, 0.5) is 0 Å². The van der Waals surface area contributed by atoms with E-state index in [4.69, 9.17) is 44.3 Å². The molecule has 1 amide bonds. The third-order valence-electron chi connectivity index (χ3n) is 6.87. The minimum Gasteiger partial charge on any atom is -0.392 e. The molecule has 1 saturated heterocycles. The van der Waals surface area contributed by atoms with Gasteiger partial charge in [-0.05, 0) is 29.3 Å². The Kier molecular flexibility index (Phi) is 10.3. The van der Waals surface area contributed by atoms with Crippen LogP contribution < -0.4 is 5.32 Å². The quantitative estimate of drug-likeness (QED) is 0.295. The molecule has 4 atom stereocenters. The molecule has 0 aromatic heterocycles. The number of benzene rings is 3. The molecule has 4 unspecified atom stereocenters. The lowest BCUT2D eigenvalue weighted by Gasteiger charge is -2.42. The van der Waals surface area contributed by atoms with E-state index in [2.05, 4.69) is 36.3 Å². The van der Waals surface area contributed by atoms with Gasteiger partial charge in [0.05, 0.1) is 18.8 Å². The zero-order valence-electron chi connectivity index (χ0n) is 21.9. The van der Waals surface area contributed by atoms with Crippen LogP contribution in [0.15, 0.2) is 78.9 Å². The van der Waals surface area contributed by atoms with Crippen LogP contribution in [-0.2, 0) is 34.0 Å². The SMILES string of the molecule is CC1C(CN(C)Cc2ccccc2)OC(c2ccc(CNC(=O)C(Cl)(Cl)Cl)cc2)OC1c1ccc(CO)cc1.